The highest BCUT2D eigenvalue weighted by molar-refractivity contribution is 5.35. The van der Waals surface area contributed by atoms with Crippen molar-refractivity contribution in [2.75, 3.05) is 18.4 Å². The molecule has 18 heavy (non-hydrogen) atoms. The van der Waals surface area contributed by atoms with Crippen molar-refractivity contribution >= 4 is 5.82 Å². The van der Waals surface area contributed by atoms with Crippen LogP contribution in [0.5, 0.6) is 0 Å². The van der Waals surface area contributed by atoms with Gasteiger partial charge in [0.15, 0.2) is 0 Å². The number of anilines is 1. The second kappa shape index (κ2) is 6.19. The summed E-state index contributed by atoms with van der Waals surface area (Å²) in [4.78, 5) is 7.25. The summed E-state index contributed by atoms with van der Waals surface area (Å²) in [5.74, 6) is 1.72. The number of hydrogen-bond acceptors (Lipinski definition) is 3. The molecule has 2 rings (SSSR count). The van der Waals surface area contributed by atoms with Crippen LogP contribution in [0.2, 0.25) is 0 Å². The highest BCUT2D eigenvalue weighted by Crippen LogP contribution is 2.28. The average Bonchev–Trinajstić information content (AvgIpc) is 3.12. The fourth-order valence-electron chi connectivity index (χ4n) is 2.31. The lowest BCUT2D eigenvalue weighted by atomic mass is 10.2. The molecular weight excluding hydrogens is 222 g/mol. The van der Waals surface area contributed by atoms with Crippen LogP contribution in [0.25, 0.3) is 0 Å². The van der Waals surface area contributed by atoms with Crippen molar-refractivity contribution in [2.24, 2.45) is 5.92 Å². The van der Waals surface area contributed by atoms with Gasteiger partial charge in [-0.3, -0.25) is 4.90 Å². The minimum atomic E-state index is 0.725. The van der Waals surface area contributed by atoms with Crippen molar-refractivity contribution in [3.8, 4) is 0 Å². The number of pyridine rings is 1. The Morgan fingerprint density at radius 3 is 2.78 bits per heavy atom. The van der Waals surface area contributed by atoms with Crippen molar-refractivity contribution in [1.82, 2.24) is 9.88 Å². The number of aromatic nitrogens is 1. The predicted octanol–water partition coefficient (Wildman–Crippen LogP) is 3.13. The van der Waals surface area contributed by atoms with Crippen LogP contribution < -0.4 is 5.32 Å². The molecule has 3 nitrogen and oxygen atoms in total. The Morgan fingerprint density at radius 2 is 2.17 bits per heavy atom. The van der Waals surface area contributed by atoms with Gasteiger partial charge in [-0.1, -0.05) is 19.9 Å². The fraction of sp³-hybridized carbons (Fsp3) is 0.667. The topological polar surface area (TPSA) is 28.2 Å². The van der Waals surface area contributed by atoms with Crippen LogP contribution in [-0.4, -0.2) is 29.0 Å². The molecule has 1 saturated carbocycles. The Morgan fingerprint density at radius 1 is 1.39 bits per heavy atom. The van der Waals surface area contributed by atoms with Crippen molar-refractivity contribution in [3.63, 3.8) is 0 Å². The van der Waals surface area contributed by atoms with E-state index in [0.29, 0.717) is 0 Å². The maximum atomic E-state index is 4.67. The van der Waals surface area contributed by atoms with Gasteiger partial charge in [0.25, 0.3) is 0 Å². The normalized spacial score (nSPS) is 15.4. The van der Waals surface area contributed by atoms with Gasteiger partial charge in [-0.2, -0.15) is 0 Å². The van der Waals surface area contributed by atoms with Gasteiger partial charge in [0.1, 0.15) is 5.82 Å². The summed E-state index contributed by atoms with van der Waals surface area (Å²) >= 11 is 0. The fourth-order valence-corrected chi connectivity index (χ4v) is 2.31. The number of hydrogen-bond donors (Lipinski definition) is 1. The molecule has 0 atom stereocenters. The van der Waals surface area contributed by atoms with Crippen molar-refractivity contribution in [3.05, 3.63) is 23.9 Å². The van der Waals surface area contributed by atoms with E-state index in [1.54, 1.807) is 0 Å². The summed E-state index contributed by atoms with van der Waals surface area (Å²) in [6, 6.07) is 7.07. The minimum Gasteiger partial charge on any atom is -0.370 e. The van der Waals surface area contributed by atoms with Crippen LogP contribution >= 0.6 is 0 Å². The highest BCUT2D eigenvalue weighted by atomic mass is 15.2. The van der Waals surface area contributed by atoms with E-state index in [1.807, 2.05) is 6.07 Å². The van der Waals surface area contributed by atoms with Gasteiger partial charge < -0.3 is 5.32 Å². The molecule has 0 saturated heterocycles. The Hall–Kier alpha value is -1.09. The lowest BCUT2D eigenvalue weighted by Gasteiger charge is -2.23. The number of nitrogens with zero attached hydrogens (tertiary/aromatic N) is 2. The van der Waals surface area contributed by atoms with Crippen LogP contribution in [0, 0.1) is 5.92 Å². The molecule has 1 aromatic heterocycles. The SMILES string of the molecule is CCNc1cccc(CN(CC(C)C)C2CC2)n1. The van der Waals surface area contributed by atoms with Gasteiger partial charge in [0, 0.05) is 25.7 Å². The molecule has 0 bridgehead atoms. The second-order valence-electron chi connectivity index (χ2n) is 5.60. The maximum absolute atomic E-state index is 4.67. The van der Waals surface area contributed by atoms with E-state index < -0.39 is 0 Å². The summed E-state index contributed by atoms with van der Waals surface area (Å²) in [6.07, 6.45) is 2.72. The van der Waals surface area contributed by atoms with E-state index in [4.69, 9.17) is 0 Å². The lowest BCUT2D eigenvalue weighted by Crippen LogP contribution is -2.29. The van der Waals surface area contributed by atoms with E-state index in [-0.39, 0.29) is 0 Å². The summed E-state index contributed by atoms with van der Waals surface area (Å²) in [7, 11) is 0. The quantitative estimate of drug-likeness (QED) is 0.802. The summed E-state index contributed by atoms with van der Waals surface area (Å²) in [6.45, 7) is 9.77. The molecule has 1 aliphatic rings. The molecule has 100 valence electrons. The average molecular weight is 247 g/mol. The molecule has 0 spiro atoms. The molecule has 0 amide bonds. The van der Waals surface area contributed by atoms with Gasteiger partial charge in [-0.25, -0.2) is 4.98 Å². The third kappa shape index (κ3) is 3.98. The van der Waals surface area contributed by atoms with Crippen LogP contribution in [0.4, 0.5) is 5.82 Å². The molecule has 0 aromatic carbocycles. The zero-order chi connectivity index (χ0) is 13.0. The molecule has 1 fully saturated rings. The summed E-state index contributed by atoms with van der Waals surface area (Å²) in [5.41, 5.74) is 1.18. The van der Waals surface area contributed by atoms with E-state index in [0.717, 1.165) is 30.9 Å². The molecular formula is C15H25N3. The highest BCUT2D eigenvalue weighted by Gasteiger charge is 2.29. The third-order valence-corrected chi connectivity index (χ3v) is 3.19. The van der Waals surface area contributed by atoms with Crippen LogP contribution in [0.1, 0.15) is 39.3 Å². The van der Waals surface area contributed by atoms with E-state index in [9.17, 15) is 0 Å². The van der Waals surface area contributed by atoms with Crippen LogP contribution in [0.3, 0.4) is 0 Å². The second-order valence-corrected chi connectivity index (χ2v) is 5.60. The van der Waals surface area contributed by atoms with Gasteiger partial charge in [-0.05, 0) is 37.8 Å². The minimum absolute atomic E-state index is 0.725. The number of nitrogens with one attached hydrogen (secondary N) is 1. The third-order valence-electron chi connectivity index (χ3n) is 3.19. The van der Waals surface area contributed by atoms with Gasteiger partial charge in [0.05, 0.1) is 5.69 Å². The lowest BCUT2D eigenvalue weighted by molar-refractivity contribution is 0.223. The molecule has 0 aliphatic heterocycles. The van der Waals surface area contributed by atoms with Gasteiger partial charge in [-0.15, -0.1) is 0 Å². The summed E-state index contributed by atoms with van der Waals surface area (Å²) < 4.78 is 0. The van der Waals surface area contributed by atoms with Crippen LogP contribution in [-0.2, 0) is 6.54 Å². The molecule has 1 aliphatic carbocycles. The Bertz CT molecular complexity index is 372. The Balaban J connectivity index is 1.99. The van der Waals surface area contributed by atoms with Crippen molar-refractivity contribution < 1.29 is 0 Å². The van der Waals surface area contributed by atoms with E-state index >= 15 is 0 Å². The van der Waals surface area contributed by atoms with Crippen molar-refractivity contribution in [2.45, 2.75) is 46.2 Å². The molecule has 1 aromatic rings. The summed E-state index contributed by atoms with van der Waals surface area (Å²) in [5, 5.41) is 3.28. The van der Waals surface area contributed by atoms with Crippen LogP contribution in [0.15, 0.2) is 18.2 Å². The van der Waals surface area contributed by atoms with Gasteiger partial charge >= 0.3 is 0 Å². The zero-order valence-electron chi connectivity index (χ0n) is 11.8. The molecule has 0 radical (unpaired) electrons. The Labute approximate surface area is 111 Å². The van der Waals surface area contributed by atoms with Gasteiger partial charge in [0.2, 0.25) is 0 Å². The molecule has 1 heterocycles. The predicted molar refractivity (Wildman–Crippen MR) is 76.7 cm³/mol. The first-order valence-corrected chi connectivity index (χ1v) is 7.13. The largest absolute Gasteiger partial charge is 0.370 e. The maximum Gasteiger partial charge on any atom is 0.126 e. The smallest absolute Gasteiger partial charge is 0.126 e. The monoisotopic (exact) mass is 247 g/mol. The van der Waals surface area contributed by atoms with Crippen molar-refractivity contribution in [1.29, 1.82) is 0 Å². The first kappa shape index (κ1) is 13.3. The zero-order valence-corrected chi connectivity index (χ0v) is 11.8. The number of rotatable bonds is 7. The first-order chi connectivity index (χ1) is 8.69. The molecule has 1 N–H and O–H groups in total. The molecule has 3 heteroatoms. The van der Waals surface area contributed by atoms with E-state index in [1.165, 1.54) is 25.1 Å². The first-order valence-electron chi connectivity index (χ1n) is 7.13. The van der Waals surface area contributed by atoms with E-state index in [2.05, 4.69) is 48.1 Å². The Kier molecular flexibility index (Phi) is 4.59. The standard InChI is InChI=1S/C15H25N3/c1-4-16-15-7-5-6-13(17-15)11-18(10-12(2)3)14-8-9-14/h5-7,12,14H,4,8-11H2,1-3H3,(H,16,17). The molecule has 0 unspecified atom stereocenters.